The Morgan fingerprint density at radius 1 is 0.549 bits per heavy atom. The number of piperazine rings is 1. The van der Waals surface area contributed by atoms with Gasteiger partial charge in [-0.25, -0.2) is 0 Å². The molecule has 0 unspecified atom stereocenters. The zero-order valence-electron chi connectivity index (χ0n) is 63.7. The van der Waals surface area contributed by atoms with E-state index >= 15 is 0 Å². The number of ether oxygens (including phenoxy) is 3. The van der Waals surface area contributed by atoms with E-state index in [1.807, 2.05) is 87.7 Å². The first kappa shape index (κ1) is 93.7. The van der Waals surface area contributed by atoms with Crippen molar-refractivity contribution in [3.05, 3.63) is 131 Å². The molecule has 12 rings (SSSR count). The van der Waals surface area contributed by atoms with Crippen LogP contribution in [0.4, 0.5) is 0 Å². The number of hydrogen-bond acceptors (Lipinski definition) is 12. The van der Waals surface area contributed by atoms with Crippen molar-refractivity contribution in [2.24, 2.45) is 35.0 Å². The number of thiazole rings is 1. The average molecular weight is 1290 g/mol. The number of methoxy groups -OCH3 is 1. The van der Waals surface area contributed by atoms with Gasteiger partial charge in [0.25, 0.3) is 0 Å². The molecule has 7 aliphatic rings. The molecule has 8 heterocycles. The zero-order chi connectivity index (χ0) is 69.2. The number of likely N-dealkylation sites (tertiary alicyclic amines) is 1. The van der Waals surface area contributed by atoms with Gasteiger partial charge in [-0.1, -0.05) is 209 Å². The lowest BCUT2D eigenvalue weighted by Gasteiger charge is -2.21. The lowest BCUT2D eigenvalue weighted by molar-refractivity contribution is 0.0503. The van der Waals surface area contributed by atoms with Crippen molar-refractivity contribution < 1.29 is 23.0 Å². The molecule has 5 aromatic rings. The van der Waals surface area contributed by atoms with Crippen LogP contribution in [0.3, 0.4) is 0 Å². The minimum Gasteiger partial charge on any atom is -0.472 e. The highest BCUT2D eigenvalue weighted by atomic mass is 32.1. The van der Waals surface area contributed by atoms with Crippen LogP contribution in [0.15, 0.2) is 112 Å². The summed E-state index contributed by atoms with van der Waals surface area (Å²) in [5.41, 5.74) is 4.07. The molecule has 3 saturated carbocycles. The second kappa shape index (κ2) is 69.1. The van der Waals surface area contributed by atoms with E-state index in [2.05, 4.69) is 165 Å². The molecule has 0 amide bonds. The number of piperidine rings is 1. The smallest absolute Gasteiger partial charge is 0.100 e. The molecule has 0 bridgehead atoms. The quantitative estimate of drug-likeness (QED) is 0.174. The maximum Gasteiger partial charge on any atom is 0.100 e. The van der Waals surface area contributed by atoms with Gasteiger partial charge >= 0.3 is 0 Å². The number of benzene rings is 1. The molecule has 11 nitrogen and oxygen atoms in total. The Bertz CT molecular complexity index is 1800. The van der Waals surface area contributed by atoms with Gasteiger partial charge in [0.1, 0.15) is 5.76 Å². The fraction of sp³-hybridized carbons (Fsp3) is 0.722. The molecule has 530 valence electrons. The first-order chi connectivity index (χ1) is 43.3. The third-order valence-electron chi connectivity index (χ3n) is 13.3. The number of hydrogen-bond donors (Lipinski definition) is 1. The summed E-state index contributed by atoms with van der Waals surface area (Å²) in [6.45, 7) is 52.0. The van der Waals surface area contributed by atoms with Gasteiger partial charge in [0, 0.05) is 90.2 Å². The van der Waals surface area contributed by atoms with E-state index in [1.165, 1.54) is 140 Å². The second-order valence-corrected chi connectivity index (χ2v) is 28.6. The fourth-order valence-electron chi connectivity index (χ4n) is 7.27. The van der Waals surface area contributed by atoms with Gasteiger partial charge in [0.15, 0.2) is 0 Å². The first-order valence-electron chi connectivity index (χ1n) is 35.4. The van der Waals surface area contributed by atoms with Gasteiger partial charge in [-0.2, -0.15) is 0 Å². The third kappa shape index (κ3) is 92.8. The predicted molar refractivity (Wildman–Crippen MR) is 401 cm³/mol. The minimum absolute atomic E-state index is 0.500. The number of pyridine rings is 1. The van der Waals surface area contributed by atoms with Gasteiger partial charge in [0.2, 0.25) is 0 Å². The molecule has 4 aliphatic heterocycles. The summed E-state index contributed by atoms with van der Waals surface area (Å²) in [6.07, 6.45) is 31.5. The first-order valence-corrected chi connectivity index (χ1v) is 36.3. The van der Waals surface area contributed by atoms with Crippen molar-refractivity contribution in [3.8, 4) is 0 Å². The summed E-state index contributed by atoms with van der Waals surface area (Å²) in [5, 5.41) is 6.38. The van der Waals surface area contributed by atoms with Gasteiger partial charge in [-0.3, -0.25) is 9.97 Å². The van der Waals surface area contributed by atoms with E-state index in [9.17, 15) is 0 Å². The topological polar surface area (TPSA) is 102 Å². The predicted octanol–water partition coefficient (Wildman–Crippen LogP) is 21.2. The molecule has 7 fully saturated rings. The summed E-state index contributed by atoms with van der Waals surface area (Å²) < 4.78 is 24.0. The molecule has 91 heavy (non-hydrogen) atoms. The lowest BCUT2D eigenvalue weighted by Crippen LogP contribution is -2.40. The molecule has 3 aliphatic carbocycles. The van der Waals surface area contributed by atoms with Crippen LogP contribution < -0.4 is 5.32 Å². The Labute approximate surface area is 568 Å². The van der Waals surface area contributed by atoms with E-state index in [0.717, 1.165) is 98.7 Å². The van der Waals surface area contributed by atoms with Crippen molar-refractivity contribution in [1.29, 1.82) is 0 Å². The summed E-state index contributed by atoms with van der Waals surface area (Å²) in [6, 6.07) is 21.8. The summed E-state index contributed by atoms with van der Waals surface area (Å²) in [4.78, 5) is 14.9. The van der Waals surface area contributed by atoms with Crippen molar-refractivity contribution in [2.45, 2.75) is 227 Å². The van der Waals surface area contributed by atoms with Crippen LogP contribution in [0.1, 0.15) is 220 Å². The standard InChI is InChI=1S/C7H14.C7H8.C6H13N.C6H7N.C6H12O.C5H12N2.C5H11NO.2C5H6O.C5H10.C5H12.C4H5NS.C4H8.C4H10.C3H8.C2H6O/c3*1-7-5-3-2-4-6-7;1-6-4-2-3-5-7-6;1-6-2-4-7-5-3-6;1-7-4-2-6-3-5-7;1-6-2-4-7-5-3-6;1-5-2-3-6-4-5;1-5-3-2-4-6-5;1-2-5-3-4-5;1-5(2,3)4;1-4-5-2-3-6-4;1-4-2-3-4;1-4(2)3;2*1-3-2/h7H,2-6H2,1H3;2-6H,1H3;2-6H2,1H3;2-5H,1H3;2*6H,2-5H2,1H3;2-5H2,1H3;2*2-4H,1H3;5H,2-4H2,1H3;1-4H3;2-3H,1H3;4H,2-3H2,1H3;4H,1-3H3;3H2,1-2H3;1-2H3. The molecule has 0 radical (unpaired) electrons. The number of morpholine rings is 1. The van der Waals surface area contributed by atoms with Crippen LogP contribution in [0.2, 0.25) is 0 Å². The van der Waals surface area contributed by atoms with Crippen molar-refractivity contribution >= 4 is 11.3 Å². The molecule has 4 saturated heterocycles. The van der Waals surface area contributed by atoms with Crippen LogP contribution in [-0.4, -0.2) is 139 Å². The van der Waals surface area contributed by atoms with Crippen LogP contribution in [0, 0.1) is 69.6 Å². The largest absolute Gasteiger partial charge is 0.472 e. The van der Waals surface area contributed by atoms with Gasteiger partial charge < -0.3 is 43.1 Å². The lowest BCUT2D eigenvalue weighted by atomic mass is 9.91. The molecule has 1 aromatic carbocycles. The van der Waals surface area contributed by atoms with E-state index in [4.69, 9.17) is 18.3 Å². The molecular formula is C79H148N6O5S. The number of nitrogens with zero attached hydrogens (tertiary/aromatic N) is 5. The summed E-state index contributed by atoms with van der Waals surface area (Å²) in [5.74, 6) is 5.97. The Morgan fingerprint density at radius 3 is 1.21 bits per heavy atom. The maximum atomic E-state index is 5.14. The molecule has 0 atom stereocenters. The molecule has 0 spiro atoms. The maximum absolute atomic E-state index is 5.14. The van der Waals surface area contributed by atoms with Crippen LogP contribution in [0.5, 0.6) is 0 Å². The number of furan rings is 2. The number of likely N-dealkylation sites (N-methyl/N-ethyl adjacent to an activating group) is 2. The molecule has 12 heteroatoms. The third-order valence-corrected chi connectivity index (χ3v) is 14.0. The number of rotatable bonds is 1. The van der Waals surface area contributed by atoms with Crippen molar-refractivity contribution in [3.63, 3.8) is 0 Å². The summed E-state index contributed by atoms with van der Waals surface area (Å²) in [7, 11) is 9.71. The Hall–Kier alpha value is -3.72. The Kier molecular flexibility index (Phi) is 71.2. The number of aromatic nitrogens is 2. The van der Waals surface area contributed by atoms with E-state index in [0.29, 0.717) is 5.41 Å². The van der Waals surface area contributed by atoms with Crippen molar-refractivity contribution in [2.75, 3.05) is 114 Å². The van der Waals surface area contributed by atoms with E-state index in [1.54, 1.807) is 56.7 Å². The molecule has 1 N–H and O–H groups in total. The van der Waals surface area contributed by atoms with Crippen LogP contribution in [0.25, 0.3) is 0 Å². The zero-order valence-corrected chi connectivity index (χ0v) is 64.5. The van der Waals surface area contributed by atoms with E-state index < -0.39 is 0 Å². The number of nitrogens with one attached hydrogen (secondary N) is 1. The highest BCUT2D eigenvalue weighted by molar-refractivity contribution is 7.09. The number of aryl methyl sites for hydroxylation is 5. The van der Waals surface area contributed by atoms with Gasteiger partial charge in [0.05, 0.1) is 37.0 Å². The SMILES string of the molecule is CC(C)(C)C.CC(C)C.CC1CC1.CC1CCCCC1.CC1CCOCC1.CCC.CCC1CC1.CN1CCCCC1.CN1CCNCC1.CN1CCOCC1.COC.Cc1ccccc1.Cc1ccccn1.Cc1ccco1.Cc1ccoc1.Cc1nccs1. The Balaban J connectivity index is -0.000000446. The van der Waals surface area contributed by atoms with E-state index in [-0.39, 0.29) is 0 Å². The fourth-order valence-corrected chi connectivity index (χ4v) is 7.71. The van der Waals surface area contributed by atoms with Gasteiger partial charge in [-0.15, -0.1) is 11.3 Å². The molecule has 4 aromatic heterocycles. The average Bonchev–Trinajstić information content (AvgIpc) is 4.46. The normalized spacial score (nSPS) is 16.7. The summed E-state index contributed by atoms with van der Waals surface area (Å²) >= 11 is 1.67. The second-order valence-electron chi connectivity index (χ2n) is 27.5. The Morgan fingerprint density at radius 2 is 1.02 bits per heavy atom. The highest BCUT2D eigenvalue weighted by Gasteiger charge is 2.17. The highest BCUT2D eigenvalue weighted by Crippen LogP contribution is 2.31. The molecular weight excluding hydrogens is 1140 g/mol. The van der Waals surface area contributed by atoms with Crippen LogP contribution >= 0.6 is 11.3 Å². The monoisotopic (exact) mass is 1290 g/mol. The van der Waals surface area contributed by atoms with Crippen molar-refractivity contribution in [1.82, 2.24) is 30.0 Å². The van der Waals surface area contributed by atoms with Gasteiger partial charge in [-0.05, 0) is 165 Å². The van der Waals surface area contributed by atoms with Crippen LogP contribution in [-0.2, 0) is 14.2 Å². The minimum atomic E-state index is 0.500.